The van der Waals surface area contributed by atoms with E-state index in [9.17, 15) is 4.79 Å². The summed E-state index contributed by atoms with van der Waals surface area (Å²) in [5, 5.41) is 5.91. The molecule has 0 saturated heterocycles. The monoisotopic (exact) mass is 216 g/mol. The van der Waals surface area contributed by atoms with Crippen LogP contribution in [0.2, 0.25) is 0 Å². The summed E-state index contributed by atoms with van der Waals surface area (Å²) in [6.45, 7) is 1.65. The van der Waals surface area contributed by atoms with E-state index < -0.39 is 0 Å². The van der Waals surface area contributed by atoms with Crippen molar-refractivity contribution < 1.29 is 4.79 Å². The molecule has 1 heterocycles. The van der Waals surface area contributed by atoms with Crippen LogP contribution in [0.25, 0.3) is 6.08 Å². The predicted octanol–water partition coefficient (Wildman–Crippen LogP) is 1.55. The molecular weight excluding hydrogens is 200 g/mol. The largest absolute Gasteiger partial charge is 0.348 e. The Labute approximate surface area is 95.6 Å². The number of benzene rings is 1. The maximum absolute atomic E-state index is 11.3. The Kier molecular flexibility index (Phi) is 3.37. The van der Waals surface area contributed by atoms with Gasteiger partial charge in [-0.3, -0.25) is 4.79 Å². The molecular formula is C13H16N2O. The van der Waals surface area contributed by atoms with E-state index in [1.807, 2.05) is 19.2 Å². The minimum atomic E-state index is 0.0423. The molecule has 0 atom stereocenters. The van der Waals surface area contributed by atoms with E-state index in [0.29, 0.717) is 6.54 Å². The van der Waals surface area contributed by atoms with Crippen LogP contribution >= 0.6 is 0 Å². The first kappa shape index (κ1) is 10.9. The van der Waals surface area contributed by atoms with Crippen molar-refractivity contribution in [2.24, 2.45) is 0 Å². The van der Waals surface area contributed by atoms with Gasteiger partial charge in [-0.25, -0.2) is 0 Å². The molecule has 1 amide bonds. The standard InChI is InChI=1S/C13H16N2O/c1-14-7-3-2-4-10-5-6-12-11(8-10)9-15-13(12)16/h2,4-6,8,14H,3,7,9H2,1H3,(H,15,16). The second kappa shape index (κ2) is 4.94. The van der Waals surface area contributed by atoms with Crippen LogP contribution in [-0.4, -0.2) is 19.5 Å². The van der Waals surface area contributed by atoms with Crippen LogP contribution in [-0.2, 0) is 6.54 Å². The molecule has 3 nitrogen and oxygen atoms in total. The van der Waals surface area contributed by atoms with E-state index in [1.54, 1.807) is 0 Å². The smallest absolute Gasteiger partial charge is 0.251 e. The van der Waals surface area contributed by atoms with E-state index in [1.165, 1.54) is 0 Å². The summed E-state index contributed by atoms with van der Waals surface area (Å²) in [5.74, 6) is 0.0423. The fourth-order valence-corrected chi connectivity index (χ4v) is 1.80. The van der Waals surface area contributed by atoms with Crippen LogP contribution in [0.15, 0.2) is 24.3 Å². The van der Waals surface area contributed by atoms with Gasteiger partial charge in [0.05, 0.1) is 0 Å². The van der Waals surface area contributed by atoms with Crippen molar-refractivity contribution in [3.8, 4) is 0 Å². The number of amides is 1. The summed E-state index contributed by atoms with van der Waals surface area (Å²) < 4.78 is 0. The van der Waals surface area contributed by atoms with Crippen LogP contribution in [0.5, 0.6) is 0 Å². The summed E-state index contributed by atoms with van der Waals surface area (Å²) in [6, 6.07) is 5.96. The lowest BCUT2D eigenvalue weighted by Crippen LogP contribution is -2.12. The number of nitrogens with one attached hydrogen (secondary N) is 2. The van der Waals surface area contributed by atoms with Gasteiger partial charge in [0, 0.05) is 12.1 Å². The van der Waals surface area contributed by atoms with Crippen molar-refractivity contribution in [3.63, 3.8) is 0 Å². The highest BCUT2D eigenvalue weighted by atomic mass is 16.1. The number of carbonyl (C=O) groups excluding carboxylic acids is 1. The molecule has 1 aliphatic heterocycles. The van der Waals surface area contributed by atoms with E-state index >= 15 is 0 Å². The topological polar surface area (TPSA) is 41.1 Å². The van der Waals surface area contributed by atoms with Crippen LogP contribution < -0.4 is 10.6 Å². The van der Waals surface area contributed by atoms with E-state index in [-0.39, 0.29) is 5.91 Å². The zero-order chi connectivity index (χ0) is 11.4. The van der Waals surface area contributed by atoms with Gasteiger partial charge in [0.15, 0.2) is 0 Å². The highest BCUT2D eigenvalue weighted by Crippen LogP contribution is 2.17. The zero-order valence-electron chi connectivity index (χ0n) is 9.42. The minimum absolute atomic E-state index is 0.0423. The number of hydrogen-bond acceptors (Lipinski definition) is 2. The second-order valence-corrected chi connectivity index (χ2v) is 3.89. The molecule has 2 N–H and O–H groups in total. The molecule has 3 heteroatoms. The number of rotatable bonds is 4. The number of carbonyl (C=O) groups is 1. The average molecular weight is 216 g/mol. The first-order chi connectivity index (χ1) is 7.81. The van der Waals surface area contributed by atoms with Gasteiger partial charge in [0.25, 0.3) is 5.91 Å². The molecule has 0 saturated carbocycles. The van der Waals surface area contributed by atoms with Gasteiger partial charge in [-0.1, -0.05) is 18.2 Å². The molecule has 0 bridgehead atoms. The van der Waals surface area contributed by atoms with E-state index in [4.69, 9.17) is 0 Å². The van der Waals surface area contributed by atoms with Crippen molar-refractivity contribution in [3.05, 3.63) is 41.0 Å². The maximum Gasteiger partial charge on any atom is 0.251 e. The van der Waals surface area contributed by atoms with Crippen LogP contribution in [0.1, 0.15) is 27.9 Å². The van der Waals surface area contributed by atoms with Gasteiger partial charge >= 0.3 is 0 Å². The Morgan fingerprint density at radius 2 is 2.38 bits per heavy atom. The van der Waals surface area contributed by atoms with Gasteiger partial charge in [-0.15, -0.1) is 0 Å². The molecule has 0 spiro atoms. The molecule has 1 aromatic carbocycles. The summed E-state index contributed by atoms with van der Waals surface area (Å²) in [6.07, 6.45) is 5.26. The lowest BCUT2D eigenvalue weighted by atomic mass is 10.1. The van der Waals surface area contributed by atoms with E-state index in [0.717, 1.165) is 29.7 Å². The minimum Gasteiger partial charge on any atom is -0.348 e. The second-order valence-electron chi connectivity index (χ2n) is 3.89. The zero-order valence-corrected chi connectivity index (χ0v) is 9.42. The normalized spacial score (nSPS) is 14.2. The summed E-state index contributed by atoms with van der Waals surface area (Å²) in [5.41, 5.74) is 3.07. The molecule has 0 aromatic heterocycles. The van der Waals surface area contributed by atoms with Crippen LogP contribution in [0, 0.1) is 0 Å². The van der Waals surface area contributed by atoms with Crippen molar-refractivity contribution in [2.75, 3.05) is 13.6 Å². The molecule has 0 aliphatic carbocycles. The molecule has 2 rings (SSSR count). The van der Waals surface area contributed by atoms with Gasteiger partial charge in [0.2, 0.25) is 0 Å². The first-order valence-electron chi connectivity index (χ1n) is 5.53. The van der Waals surface area contributed by atoms with E-state index in [2.05, 4.69) is 28.9 Å². The van der Waals surface area contributed by atoms with Crippen molar-refractivity contribution in [1.29, 1.82) is 0 Å². The fraction of sp³-hybridized carbons (Fsp3) is 0.308. The third-order valence-corrected chi connectivity index (χ3v) is 2.68. The molecule has 1 aliphatic rings. The SMILES string of the molecule is CNCCC=Cc1ccc2c(c1)CNC2=O. The fourth-order valence-electron chi connectivity index (χ4n) is 1.80. The van der Waals surface area contributed by atoms with Crippen molar-refractivity contribution >= 4 is 12.0 Å². The molecule has 0 fully saturated rings. The Morgan fingerprint density at radius 1 is 1.50 bits per heavy atom. The Hall–Kier alpha value is -1.61. The van der Waals surface area contributed by atoms with Crippen LogP contribution in [0.3, 0.4) is 0 Å². The van der Waals surface area contributed by atoms with Crippen molar-refractivity contribution in [2.45, 2.75) is 13.0 Å². The summed E-state index contributed by atoms with van der Waals surface area (Å²) in [7, 11) is 1.94. The highest BCUT2D eigenvalue weighted by molar-refractivity contribution is 5.98. The summed E-state index contributed by atoms with van der Waals surface area (Å²) >= 11 is 0. The third kappa shape index (κ3) is 2.31. The Balaban J connectivity index is 2.07. The summed E-state index contributed by atoms with van der Waals surface area (Å²) in [4.78, 5) is 11.3. The van der Waals surface area contributed by atoms with Gasteiger partial charge in [-0.05, 0) is 43.3 Å². The molecule has 84 valence electrons. The molecule has 1 aromatic rings. The third-order valence-electron chi connectivity index (χ3n) is 2.68. The molecule has 16 heavy (non-hydrogen) atoms. The predicted molar refractivity (Wildman–Crippen MR) is 65.2 cm³/mol. The van der Waals surface area contributed by atoms with Crippen LogP contribution in [0.4, 0.5) is 0 Å². The number of fused-ring (bicyclic) bond motifs is 1. The highest BCUT2D eigenvalue weighted by Gasteiger charge is 2.17. The molecule has 0 radical (unpaired) electrons. The van der Waals surface area contributed by atoms with Gasteiger partial charge in [0.1, 0.15) is 0 Å². The molecule has 0 unspecified atom stereocenters. The van der Waals surface area contributed by atoms with Gasteiger partial charge in [-0.2, -0.15) is 0 Å². The Morgan fingerprint density at radius 3 is 3.19 bits per heavy atom. The average Bonchev–Trinajstić information content (AvgIpc) is 2.66. The quantitative estimate of drug-likeness (QED) is 0.750. The lowest BCUT2D eigenvalue weighted by molar-refractivity contribution is 0.0966. The van der Waals surface area contributed by atoms with Crippen molar-refractivity contribution in [1.82, 2.24) is 10.6 Å². The first-order valence-corrected chi connectivity index (χ1v) is 5.53. The number of hydrogen-bond donors (Lipinski definition) is 2. The lowest BCUT2D eigenvalue weighted by Gasteiger charge is -1.98. The van der Waals surface area contributed by atoms with Gasteiger partial charge < -0.3 is 10.6 Å². The Bertz CT molecular complexity index is 424. The maximum atomic E-state index is 11.3.